The SMILES string of the molecule is CCOC(=O)[C@@H]1CCCN(c2ncnc3scc(-c4ccc(Cl)cc4)c23)C1. The van der Waals surface area contributed by atoms with Crippen LogP contribution < -0.4 is 4.90 Å². The number of piperidine rings is 1. The highest BCUT2D eigenvalue weighted by Gasteiger charge is 2.29. The molecule has 0 unspecified atom stereocenters. The number of carbonyl (C=O) groups is 1. The highest BCUT2D eigenvalue weighted by molar-refractivity contribution is 7.17. The molecule has 4 rings (SSSR count). The Hall–Kier alpha value is -2.18. The Labute approximate surface area is 167 Å². The summed E-state index contributed by atoms with van der Waals surface area (Å²) in [5.74, 6) is 0.664. The number of rotatable bonds is 4. The largest absolute Gasteiger partial charge is 0.466 e. The van der Waals surface area contributed by atoms with Gasteiger partial charge in [0.05, 0.1) is 17.9 Å². The smallest absolute Gasteiger partial charge is 0.310 e. The first-order chi connectivity index (χ1) is 13.2. The summed E-state index contributed by atoms with van der Waals surface area (Å²) in [5.41, 5.74) is 2.18. The summed E-state index contributed by atoms with van der Waals surface area (Å²) in [6.07, 6.45) is 3.40. The van der Waals surface area contributed by atoms with Crippen molar-refractivity contribution in [2.75, 3.05) is 24.6 Å². The molecular weight excluding hydrogens is 382 g/mol. The number of nitrogens with zero attached hydrogens (tertiary/aromatic N) is 3. The predicted octanol–water partition coefficient (Wildman–Crippen LogP) is 4.79. The molecule has 2 aromatic heterocycles. The standard InChI is InChI=1S/C20H20ClN3O2S/c1-2-26-20(25)14-4-3-9-24(10-14)18-17-16(11-27-19(17)23-12-22-18)13-5-7-15(21)8-6-13/h5-8,11-12,14H,2-4,9-10H2,1H3/t14-/m1/s1. The zero-order chi connectivity index (χ0) is 18.8. The van der Waals surface area contributed by atoms with Gasteiger partial charge < -0.3 is 9.64 Å². The van der Waals surface area contributed by atoms with Crippen LogP contribution in [0.1, 0.15) is 19.8 Å². The van der Waals surface area contributed by atoms with E-state index < -0.39 is 0 Å². The average Bonchev–Trinajstić information content (AvgIpc) is 3.13. The maximum absolute atomic E-state index is 12.2. The summed E-state index contributed by atoms with van der Waals surface area (Å²) in [7, 11) is 0. The van der Waals surface area contributed by atoms with Gasteiger partial charge >= 0.3 is 5.97 Å². The van der Waals surface area contributed by atoms with E-state index in [4.69, 9.17) is 16.3 Å². The first kappa shape index (κ1) is 18.2. The molecule has 0 spiro atoms. The van der Waals surface area contributed by atoms with Gasteiger partial charge in [0.15, 0.2) is 0 Å². The van der Waals surface area contributed by atoms with E-state index in [1.165, 1.54) is 0 Å². The van der Waals surface area contributed by atoms with E-state index in [1.807, 2.05) is 31.2 Å². The molecule has 140 valence electrons. The third-order valence-corrected chi connectivity index (χ3v) is 5.98. The number of hydrogen-bond donors (Lipinski definition) is 0. The number of carbonyl (C=O) groups excluding carboxylic acids is 1. The van der Waals surface area contributed by atoms with E-state index in [0.717, 1.165) is 46.5 Å². The normalized spacial score (nSPS) is 17.3. The van der Waals surface area contributed by atoms with Gasteiger partial charge in [0, 0.05) is 29.1 Å². The summed E-state index contributed by atoms with van der Waals surface area (Å²) in [6.45, 7) is 3.76. The number of benzene rings is 1. The van der Waals surface area contributed by atoms with Crippen LogP contribution in [0.25, 0.3) is 21.3 Å². The Balaban J connectivity index is 1.72. The van der Waals surface area contributed by atoms with Gasteiger partial charge in [0.2, 0.25) is 0 Å². The molecule has 0 amide bonds. The van der Waals surface area contributed by atoms with E-state index in [1.54, 1.807) is 17.7 Å². The molecule has 0 saturated carbocycles. The number of esters is 1. The van der Waals surface area contributed by atoms with Gasteiger partial charge in [-0.15, -0.1) is 11.3 Å². The fraction of sp³-hybridized carbons (Fsp3) is 0.350. The Bertz CT molecular complexity index is 958. The van der Waals surface area contributed by atoms with Gasteiger partial charge in [-0.2, -0.15) is 0 Å². The second-order valence-electron chi connectivity index (χ2n) is 6.57. The predicted molar refractivity (Wildman–Crippen MR) is 109 cm³/mol. The third kappa shape index (κ3) is 3.64. The molecule has 3 aromatic rings. The zero-order valence-electron chi connectivity index (χ0n) is 15.0. The fourth-order valence-corrected chi connectivity index (χ4v) is 4.60. The van der Waals surface area contributed by atoms with E-state index in [0.29, 0.717) is 18.2 Å². The second kappa shape index (κ2) is 7.82. The molecule has 7 heteroatoms. The van der Waals surface area contributed by atoms with Crippen molar-refractivity contribution in [1.82, 2.24) is 9.97 Å². The molecule has 0 bridgehead atoms. The lowest BCUT2D eigenvalue weighted by atomic mass is 9.97. The van der Waals surface area contributed by atoms with E-state index in [9.17, 15) is 4.79 Å². The van der Waals surface area contributed by atoms with E-state index in [2.05, 4.69) is 20.2 Å². The minimum absolute atomic E-state index is 0.110. The molecule has 1 fully saturated rings. The van der Waals surface area contributed by atoms with E-state index >= 15 is 0 Å². The summed E-state index contributed by atoms with van der Waals surface area (Å²) in [5, 5.41) is 3.86. The Morgan fingerprint density at radius 2 is 2.15 bits per heavy atom. The van der Waals surface area contributed by atoms with Crippen molar-refractivity contribution >= 4 is 44.9 Å². The molecular formula is C20H20ClN3O2S. The number of hydrogen-bond acceptors (Lipinski definition) is 6. The molecule has 0 N–H and O–H groups in total. The van der Waals surface area contributed by atoms with Crippen LogP contribution in [0, 0.1) is 5.92 Å². The average molecular weight is 402 g/mol. The van der Waals surface area contributed by atoms with Gasteiger partial charge in [0.25, 0.3) is 0 Å². The molecule has 1 saturated heterocycles. The van der Waals surface area contributed by atoms with Crippen LogP contribution in [0.3, 0.4) is 0 Å². The molecule has 1 atom stereocenters. The molecule has 27 heavy (non-hydrogen) atoms. The van der Waals surface area contributed by atoms with Crippen molar-refractivity contribution in [3.05, 3.63) is 41.0 Å². The molecule has 5 nitrogen and oxygen atoms in total. The first-order valence-corrected chi connectivity index (χ1v) is 10.3. The summed E-state index contributed by atoms with van der Waals surface area (Å²) < 4.78 is 5.23. The zero-order valence-corrected chi connectivity index (χ0v) is 16.6. The highest BCUT2D eigenvalue weighted by atomic mass is 35.5. The Morgan fingerprint density at radius 3 is 2.93 bits per heavy atom. The van der Waals surface area contributed by atoms with Crippen molar-refractivity contribution in [1.29, 1.82) is 0 Å². The first-order valence-electron chi connectivity index (χ1n) is 9.07. The fourth-order valence-electron chi connectivity index (χ4n) is 3.56. The van der Waals surface area contributed by atoms with Crippen molar-refractivity contribution in [3.8, 4) is 11.1 Å². The number of anilines is 1. The monoisotopic (exact) mass is 401 g/mol. The summed E-state index contributed by atoms with van der Waals surface area (Å²) >= 11 is 7.65. The molecule has 0 radical (unpaired) electrons. The van der Waals surface area contributed by atoms with E-state index in [-0.39, 0.29) is 11.9 Å². The van der Waals surface area contributed by atoms with Crippen LogP contribution in [0.5, 0.6) is 0 Å². The Morgan fingerprint density at radius 1 is 1.33 bits per heavy atom. The van der Waals surface area contributed by atoms with Gasteiger partial charge in [0.1, 0.15) is 17.0 Å². The molecule has 1 aliphatic rings. The highest BCUT2D eigenvalue weighted by Crippen LogP contribution is 2.39. The minimum Gasteiger partial charge on any atom is -0.466 e. The van der Waals surface area contributed by atoms with Crippen LogP contribution in [0.15, 0.2) is 36.0 Å². The summed E-state index contributed by atoms with van der Waals surface area (Å²) in [6, 6.07) is 7.81. The minimum atomic E-state index is -0.115. The quantitative estimate of drug-likeness (QED) is 0.588. The molecule has 1 aromatic carbocycles. The van der Waals surface area contributed by atoms with Crippen molar-refractivity contribution in [2.24, 2.45) is 5.92 Å². The van der Waals surface area contributed by atoms with Gasteiger partial charge in [-0.1, -0.05) is 23.7 Å². The molecule has 3 heterocycles. The van der Waals surface area contributed by atoms with Crippen LogP contribution in [-0.4, -0.2) is 35.6 Å². The molecule has 0 aliphatic carbocycles. The number of thiophene rings is 1. The van der Waals surface area contributed by atoms with Gasteiger partial charge in [-0.05, 0) is 37.5 Å². The number of fused-ring (bicyclic) bond motifs is 1. The number of ether oxygens (including phenoxy) is 1. The van der Waals surface area contributed by atoms with Crippen molar-refractivity contribution in [3.63, 3.8) is 0 Å². The van der Waals surface area contributed by atoms with Crippen molar-refractivity contribution < 1.29 is 9.53 Å². The van der Waals surface area contributed by atoms with Gasteiger partial charge in [-0.25, -0.2) is 9.97 Å². The van der Waals surface area contributed by atoms with Crippen LogP contribution in [-0.2, 0) is 9.53 Å². The van der Waals surface area contributed by atoms with Crippen LogP contribution in [0.2, 0.25) is 5.02 Å². The Kier molecular flexibility index (Phi) is 5.27. The second-order valence-corrected chi connectivity index (χ2v) is 7.87. The molecule has 1 aliphatic heterocycles. The lowest BCUT2D eigenvalue weighted by Gasteiger charge is -2.32. The topological polar surface area (TPSA) is 55.3 Å². The van der Waals surface area contributed by atoms with Crippen molar-refractivity contribution in [2.45, 2.75) is 19.8 Å². The third-order valence-electron chi connectivity index (χ3n) is 4.85. The number of halogens is 1. The number of aromatic nitrogens is 2. The maximum Gasteiger partial charge on any atom is 0.310 e. The van der Waals surface area contributed by atoms with Crippen LogP contribution >= 0.6 is 22.9 Å². The maximum atomic E-state index is 12.2. The lowest BCUT2D eigenvalue weighted by molar-refractivity contribution is -0.148. The summed E-state index contributed by atoms with van der Waals surface area (Å²) in [4.78, 5) is 24.4. The lowest BCUT2D eigenvalue weighted by Crippen LogP contribution is -2.40. The van der Waals surface area contributed by atoms with Gasteiger partial charge in [-0.3, -0.25) is 4.79 Å². The van der Waals surface area contributed by atoms with Crippen LogP contribution in [0.4, 0.5) is 5.82 Å².